The van der Waals surface area contributed by atoms with E-state index in [-0.39, 0.29) is 5.91 Å². The third-order valence-electron chi connectivity index (χ3n) is 4.20. The second kappa shape index (κ2) is 7.14. The molecule has 4 heteroatoms. The molecule has 0 radical (unpaired) electrons. The first-order valence-electron chi connectivity index (χ1n) is 7.35. The first kappa shape index (κ1) is 15.4. The van der Waals surface area contributed by atoms with Crippen LogP contribution in [0.2, 0.25) is 0 Å². The molecule has 0 spiro atoms. The molecule has 0 aromatic heterocycles. The Bertz CT molecular complexity index is 431. The molecule has 1 saturated carbocycles. The predicted octanol–water partition coefficient (Wildman–Crippen LogP) is 2.65. The normalized spacial score (nSPS) is 19.4. The summed E-state index contributed by atoms with van der Waals surface area (Å²) in [7, 11) is 1.82. The topological polar surface area (TPSA) is 55.1 Å². The van der Waals surface area contributed by atoms with E-state index in [0.29, 0.717) is 11.0 Å². The quantitative estimate of drug-likeness (QED) is 0.847. The summed E-state index contributed by atoms with van der Waals surface area (Å²) >= 11 is 1.89. The van der Waals surface area contributed by atoms with Gasteiger partial charge in [-0.25, -0.2) is 0 Å². The number of carbonyl (C=O) groups is 1. The first-order valence-corrected chi connectivity index (χ1v) is 8.40. The van der Waals surface area contributed by atoms with E-state index in [9.17, 15) is 4.79 Å². The van der Waals surface area contributed by atoms with Gasteiger partial charge >= 0.3 is 0 Å². The van der Waals surface area contributed by atoms with Gasteiger partial charge in [0, 0.05) is 11.0 Å². The van der Waals surface area contributed by atoms with E-state index in [1.54, 1.807) is 0 Å². The summed E-state index contributed by atoms with van der Waals surface area (Å²) in [6, 6.07) is 9.82. The Morgan fingerprint density at radius 1 is 1.30 bits per heavy atom. The van der Waals surface area contributed by atoms with Crippen molar-refractivity contribution in [2.45, 2.75) is 42.9 Å². The van der Waals surface area contributed by atoms with Gasteiger partial charge in [-0.2, -0.15) is 11.8 Å². The number of amides is 1. The van der Waals surface area contributed by atoms with Gasteiger partial charge in [0.05, 0.1) is 0 Å². The fourth-order valence-electron chi connectivity index (χ4n) is 2.83. The van der Waals surface area contributed by atoms with Crippen LogP contribution in [0.1, 0.15) is 37.7 Å². The van der Waals surface area contributed by atoms with Crippen LogP contribution >= 0.6 is 11.8 Å². The average Bonchev–Trinajstić information content (AvgIpc) is 2.50. The van der Waals surface area contributed by atoms with Crippen LogP contribution < -0.4 is 11.1 Å². The van der Waals surface area contributed by atoms with Gasteiger partial charge in [0.25, 0.3) is 0 Å². The van der Waals surface area contributed by atoms with E-state index in [2.05, 4.69) is 5.32 Å². The minimum atomic E-state index is -0.761. The first-order chi connectivity index (χ1) is 9.69. The van der Waals surface area contributed by atoms with Gasteiger partial charge in [0.15, 0.2) is 0 Å². The van der Waals surface area contributed by atoms with Crippen LogP contribution in [-0.4, -0.2) is 24.0 Å². The standard InChI is InChI=1S/C16H24N2OS/c1-18-16(15(17)19,13-8-4-2-5-9-13)12-20-14-10-6-3-7-11-14/h2,4-5,8-9,14,18H,3,6-7,10-12H2,1H3,(H2,17,19). The molecular weight excluding hydrogens is 268 g/mol. The van der Waals surface area contributed by atoms with Crippen molar-refractivity contribution in [3.63, 3.8) is 0 Å². The summed E-state index contributed by atoms with van der Waals surface area (Å²) in [5.74, 6) is 0.405. The van der Waals surface area contributed by atoms with Crippen LogP contribution in [0.5, 0.6) is 0 Å². The Morgan fingerprint density at radius 3 is 2.50 bits per heavy atom. The molecule has 20 heavy (non-hydrogen) atoms. The Hall–Kier alpha value is -1.00. The number of hydrogen-bond donors (Lipinski definition) is 2. The van der Waals surface area contributed by atoms with Gasteiger partial charge in [-0.3, -0.25) is 4.79 Å². The number of nitrogens with two attached hydrogens (primary N) is 1. The lowest BCUT2D eigenvalue weighted by Gasteiger charge is -2.32. The number of hydrogen-bond acceptors (Lipinski definition) is 3. The summed E-state index contributed by atoms with van der Waals surface area (Å²) in [6.45, 7) is 0. The molecule has 1 unspecified atom stereocenters. The van der Waals surface area contributed by atoms with E-state index in [4.69, 9.17) is 5.73 Å². The number of likely N-dealkylation sites (N-methyl/N-ethyl adjacent to an activating group) is 1. The summed E-state index contributed by atoms with van der Waals surface area (Å²) in [4.78, 5) is 12.1. The fourth-order valence-corrected chi connectivity index (χ4v) is 4.44. The molecule has 110 valence electrons. The van der Waals surface area contributed by atoms with Crippen molar-refractivity contribution in [1.29, 1.82) is 0 Å². The highest BCUT2D eigenvalue weighted by Gasteiger charge is 2.37. The van der Waals surface area contributed by atoms with Gasteiger partial charge in [-0.15, -0.1) is 0 Å². The van der Waals surface area contributed by atoms with Crippen LogP contribution in [-0.2, 0) is 10.3 Å². The maximum atomic E-state index is 12.1. The third kappa shape index (κ3) is 3.36. The number of benzene rings is 1. The molecule has 1 fully saturated rings. The zero-order valence-corrected chi connectivity index (χ0v) is 12.9. The number of nitrogens with one attached hydrogen (secondary N) is 1. The molecule has 3 N–H and O–H groups in total. The maximum Gasteiger partial charge on any atom is 0.243 e. The Labute approximate surface area is 125 Å². The van der Waals surface area contributed by atoms with Gasteiger partial charge in [0.2, 0.25) is 5.91 Å². The van der Waals surface area contributed by atoms with Crippen LogP contribution in [0.15, 0.2) is 30.3 Å². The zero-order chi connectivity index (χ0) is 14.4. The molecule has 0 heterocycles. The molecule has 1 atom stereocenters. The molecule has 1 aliphatic carbocycles. The Morgan fingerprint density at radius 2 is 1.95 bits per heavy atom. The molecule has 1 amide bonds. The molecule has 2 rings (SSSR count). The van der Waals surface area contributed by atoms with Crippen molar-refractivity contribution in [3.8, 4) is 0 Å². The second-order valence-electron chi connectivity index (χ2n) is 5.46. The fraction of sp³-hybridized carbons (Fsp3) is 0.562. The number of rotatable bonds is 6. The van der Waals surface area contributed by atoms with Gasteiger partial charge in [-0.1, -0.05) is 49.6 Å². The van der Waals surface area contributed by atoms with Crippen LogP contribution in [0, 0.1) is 0 Å². The molecule has 0 saturated heterocycles. The highest BCUT2D eigenvalue weighted by molar-refractivity contribution is 8.00. The number of carbonyl (C=O) groups excluding carboxylic acids is 1. The maximum absolute atomic E-state index is 12.1. The van der Waals surface area contributed by atoms with Crippen molar-refractivity contribution in [2.24, 2.45) is 5.73 Å². The third-order valence-corrected chi connectivity index (χ3v) is 5.74. The highest BCUT2D eigenvalue weighted by Crippen LogP contribution is 2.33. The van der Waals surface area contributed by atoms with Crippen molar-refractivity contribution >= 4 is 17.7 Å². The monoisotopic (exact) mass is 292 g/mol. The van der Waals surface area contributed by atoms with E-state index in [0.717, 1.165) is 5.56 Å². The summed E-state index contributed by atoms with van der Waals surface area (Å²) in [6.07, 6.45) is 6.50. The van der Waals surface area contributed by atoms with Crippen molar-refractivity contribution < 1.29 is 4.79 Å². The zero-order valence-electron chi connectivity index (χ0n) is 12.1. The largest absolute Gasteiger partial charge is 0.368 e. The van der Waals surface area contributed by atoms with Gasteiger partial charge in [-0.05, 0) is 25.5 Å². The van der Waals surface area contributed by atoms with Gasteiger partial charge in [0.1, 0.15) is 5.54 Å². The second-order valence-corrected chi connectivity index (χ2v) is 6.75. The summed E-state index contributed by atoms with van der Waals surface area (Å²) in [5.41, 5.74) is 5.91. The molecule has 1 aliphatic rings. The molecular formula is C16H24N2OS. The molecule has 1 aromatic carbocycles. The van der Waals surface area contributed by atoms with Crippen LogP contribution in [0.25, 0.3) is 0 Å². The van der Waals surface area contributed by atoms with E-state index >= 15 is 0 Å². The van der Waals surface area contributed by atoms with Crippen molar-refractivity contribution in [2.75, 3.05) is 12.8 Å². The van der Waals surface area contributed by atoms with E-state index in [1.165, 1.54) is 32.1 Å². The minimum absolute atomic E-state index is 0.297. The van der Waals surface area contributed by atoms with Crippen LogP contribution in [0.3, 0.4) is 0 Å². The molecule has 3 nitrogen and oxygen atoms in total. The highest BCUT2D eigenvalue weighted by atomic mass is 32.2. The lowest BCUT2D eigenvalue weighted by atomic mass is 9.91. The predicted molar refractivity (Wildman–Crippen MR) is 85.7 cm³/mol. The van der Waals surface area contributed by atoms with Gasteiger partial charge < -0.3 is 11.1 Å². The van der Waals surface area contributed by atoms with E-state index < -0.39 is 5.54 Å². The lowest BCUT2D eigenvalue weighted by Crippen LogP contribution is -2.53. The Kier molecular flexibility index (Phi) is 5.49. The van der Waals surface area contributed by atoms with Crippen molar-refractivity contribution in [1.82, 2.24) is 5.32 Å². The minimum Gasteiger partial charge on any atom is -0.368 e. The smallest absolute Gasteiger partial charge is 0.243 e. The Balaban J connectivity index is 2.12. The van der Waals surface area contributed by atoms with Crippen LogP contribution in [0.4, 0.5) is 0 Å². The molecule has 0 aliphatic heterocycles. The molecule has 0 bridgehead atoms. The number of thioether (sulfide) groups is 1. The average molecular weight is 292 g/mol. The lowest BCUT2D eigenvalue weighted by molar-refractivity contribution is -0.123. The summed E-state index contributed by atoms with van der Waals surface area (Å²) < 4.78 is 0. The van der Waals surface area contributed by atoms with E-state index in [1.807, 2.05) is 49.1 Å². The number of primary amides is 1. The molecule has 1 aromatic rings. The summed E-state index contributed by atoms with van der Waals surface area (Å²) in [5, 5.41) is 3.84. The SMILES string of the molecule is CNC(CSC1CCCCC1)(C(N)=O)c1ccccc1. The van der Waals surface area contributed by atoms with Crippen molar-refractivity contribution in [3.05, 3.63) is 35.9 Å².